The number of H-pyrrole nitrogens is 1. The Bertz CT molecular complexity index is 676. The van der Waals surface area contributed by atoms with Crippen molar-refractivity contribution < 1.29 is 4.79 Å². The van der Waals surface area contributed by atoms with Crippen LogP contribution in [0.2, 0.25) is 0 Å². The van der Waals surface area contributed by atoms with E-state index in [-0.39, 0.29) is 0 Å². The summed E-state index contributed by atoms with van der Waals surface area (Å²) in [6.45, 7) is 0. The SMILES string of the molecule is O=C1CCCc2c([nH]c3ccc(C4CCCCC4)cc23)C1. The second-order valence-electron chi connectivity index (χ2n) is 6.79. The summed E-state index contributed by atoms with van der Waals surface area (Å²) in [6, 6.07) is 6.95. The molecular weight excluding hydrogens is 258 g/mol. The van der Waals surface area contributed by atoms with Crippen molar-refractivity contribution in [3.63, 3.8) is 0 Å². The summed E-state index contributed by atoms with van der Waals surface area (Å²) >= 11 is 0. The van der Waals surface area contributed by atoms with Crippen LogP contribution in [-0.2, 0) is 17.6 Å². The monoisotopic (exact) mass is 281 g/mol. The highest BCUT2D eigenvalue weighted by Crippen LogP contribution is 2.35. The van der Waals surface area contributed by atoms with Crippen LogP contribution >= 0.6 is 0 Å². The van der Waals surface area contributed by atoms with Gasteiger partial charge in [-0.25, -0.2) is 0 Å². The topological polar surface area (TPSA) is 32.9 Å². The van der Waals surface area contributed by atoms with E-state index in [1.54, 1.807) is 0 Å². The summed E-state index contributed by atoms with van der Waals surface area (Å²) in [4.78, 5) is 15.3. The molecule has 110 valence electrons. The van der Waals surface area contributed by atoms with Gasteiger partial charge in [0.25, 0.3) is 0 Å². The zero-order valence-electron chi connectivity index (χ0n) is 12.6. The van der Waals surface area contributed by atoms with Crippen molar-refractivity contribution in [1.29, 1.82) is 0 Å². The molecule has 1 aromatic heterocycles. The van der Waals surface area contributed by atoms with Crippen LogP contribution < -0.4 is 0 Å². The van der Waals surface area contributed by atoms with Crippen molar-refractivity contribution >= 4 is 16.7 Å². The Kier molecular flexibility index (Phi) is 3.33. The van der Waals surface area contributed by atoms with Gasteiger partial charge in [0.15, 0.2) is 0 Å². The average Bonchev–Trinajstić information content (AvgIpc) is 2.74. The van der Waals surface area contributed by atoms with E-state index in [0.717, 1.165) is 25.2 Å². The van der Waals surface area contributed by atoms with E-state index in [1.807, 2.05) is 0 Å². The first kappa shape index (κ1) is 13.1. The minimum absolute atomic E-state index is 0.382. The molecule has 2 nitrogen and oxygen atoms in total. The van der Waals surface area contributed by atoms with Crippen LogP contribution in [0.25, 0.3) is 10.9 Å². The number of aryl methyl sites for hydroxylation is 1. The average molecular weight is 281 g/mol. The van der Waals surface area contributed by atoms with E-state index in [9.17, 15) is 4.79 Å². The normalized spacial score (nSPS) is 20.5. The van der Waals surface area contributed by atoms with Crippen molar-refractivity contribution in [1.82, 2.24) is 4.98 Å². The molecule has 2 aliphatic carbocycles. The summed E-state index contributed by atoms with van der Waals surface area (Å²) < 4.78 is 0. The van der Waals surface area contributed by atoms with E-state index in [0.29, 0.717) is 12.2 Å². The van der Waals surface area contributed by atoms with Crippen LogP contribution in [0.4, 0.5) is 0 Å². The predicted octanol–water partition coefficient (Wildman–Crippen LogP) is 4.66. The third-order valence-electron chi connectivity index (χ3n) is 5.35. The third kappa shape index (κ3) is 2.41. The Morgan fingerprint density at radius 2 is 1.86 bits per heavy atom. The number of aromatic nitrogens is 1. The first-order valence-electron chi connectivity index (χ1n) is 8.46. The Morgan fingerprint density at radius 1 is 1.00 bits per heavy atom. The first-order valence-corrected chi connectivity index (χ1v) is 8.46. The number of fused-ring (bicyclic) bond motifs is 3. The van der Waals surface area contributed by atoms with Gasteiger partial charge in [-0.1, -0.05) is 25.3 Å². The lowest BCUT2D eigenvalue weighted by molar-refractivity contribution is -0.118. The minimum atomic E-state index is 0.382. The maximum atomic E-state index is 11.8. The molecule has 0 atom stereocenters. The van der Waals surface area contributed by atoms with Crippen molar-refractivity contribution in [3.8, 4) is 0 Å². The van der Waals surface area contributed by atoms with Crippen molar-refractivity contribution in [2.75, 3.05) is 0 Å². The van der Waals surface area contributed by atoms with Crippen LogP contribution in [0.5, 0.6) is 0 Å². The highest BCUT2D eigenvalue weighted by molar-refractivity contribution is 5.89. The van der Waals surface area contributed by atoms with Gasteiger partial charge in [0.05, 0.1) is 0 Å². The number of ketones is 1. The van der Waals surface area contributed by atoms with Gasteiger partial charge in [-0.05, 0) is 54.9 Å². The van der Waals surface area contributed by atoms with E-state index in [2.05, 4.69) is 23.2 Å². The molecule has 1 fully saturated rings. The summed E-state index contributed by atoms with van der Waals surface area (Å²) in [5, 5.41) is 1.38. The van der Waals surface area contributed by atoms with Crippen LogP contribution in [0.3, 0.4) is 0 Å². The van der Waals surface area contributed by atoms with Gasteiger partial charge in [0.2, 0.25) is 0 Å². The summed E-state index contributed by atoms with van der Waals surface area (Å²) in [5.41, 5.74) is 5.32. The smallest absolute Gasteiger partial charge is 0.138 e. The molecule has 0 amide bonds. The fraction of sp³-hybridized carbons (Fsp3) is 0.526. The number of hydrogen-bond acceptors (Lipinski definition) is 1. The number of rotatable bonds is 1. The lowest BCUT2D eigenvalue weighted by Gasteiger charge is -2.22. The Morgan fingerprint density at radius 3 is 2.71 bits per heavy atom. The molecular formula is C19H23NO. The minimum Gasteiger partial charge on any atom is -0.358 e. The summed E-state index contributed by atoms with van der Waals surface area (Å²) in [5.74, 6) is 1.13. The number of carbonyl (C=O) groups is 1. The first-order chi connectivity index (χ1) is 10.3. The largest absolute Gasteiger partial charge is 0.358 e. The number of aromatic amines is 1. The molecule has 21 heavy (non-hydrogen) atoms. The molecule has 0 unspecified atom stereocenters. The highest BCUT2D eigenvalue weighted by Gasteiger charge is 2.20. The van der Waals surface area contributed by atoms with Gasteiger partial charge in [-0.2, -0.15) is 0 Å². The Balaban J connectivity index is 1.76. The molecule has 1 aromatic carbocycles. The maximum Gasteiger partial charge on any atom is 0.138 e. The fourth-order valence-corrected chi connectivity index (χ4v) is 4.20. The van der Waals surface area contributed by atoms with Crippen LogP contribution in [0.1, 0.15) is 67.7 Å². The molecule has 0 saturated heterocycles. The molecule has 0 bridgehead atoms. The lowest BCUT2D eigenvalue weighted by Crippen LogP contribution is -2.04. The van der Waals surface area contributed by atoms with Crippen LogP contribution in [-0.4, -0.2) is 10.8 Å². The number of hydrogen-bond donors (Lipinski definition) is 1. The molecule has 4 rings (SSSR count). The quantitative estimate of drug-likeness (QED) is 0.757. The van der Waals surface area contributed by atoms with Gasteiger partial charge >= 0.3 is 0 Å². The maximum absolute atomic E-state index is 11.8. The molecule has 1 heterocycles. The van der Waals surface area contributed by atoms with Crippen molar-refractivity contribution in [3.05, 3.63) is 35.0 Å². The standard InChI is InChI=1S/C19H23NO/c21-15-7-4-8-16-17-11-14(13-5-2-1-3-6-13)9-10-18(17)20-19(16)12-15/h9-11,13,20H,1-8,12H2. The molecule has 2 aliphatic rings. The summed E-state index contributed by atoms with van der Waals surface area (Å²) in [6.07, 6.45) is 10.2. The Hall–Kier alpha value is -1.57. The summed E-state index contributed by atoms with van der Waals surface area (Å²) in [7, 11) is 0. The van der Waals surface area contributed by atoms with Crippen LogP contribution in [0, 0.1) is 0 Å². The molecule has 1 saturated carbocycles. The Labute approximate surface area is 125 Å². The van der Waals surface area contributed by atoms with Crippen LogP contribution in [0.15, 0.2) is 18.2 Å². The van der Waals surface area contributed by atoms with Crippen molar-refractivity contribution in [2.45, 2.75) is 63.7 Å². The lowest BCUT2D eigenvalue weighted by atomic mass is 9.83. The molecule has 2 heteroatoms. The number of carbonyl (C=O) groups excluding carboxylic acids is 1. The highest BCUT2D eigenvalue weighted by atomic mass is 16.1. The zero-order chi connectivity index (χ0) is 14.2. The van der Waals surface area contributed by atoms with Gasteiger partial charge < -0.3 is 4.98 Å². The van der Waals surface area contributed by atoms with E-state index in [4.69, 9.17) is 0 Å². The fourth-order valence-electron chi connectivity index (χ4n) is 4.20. The van der Waals surface area contributed by atoms with E-state index in [1.165, 1.54) is 59.8 Å². The number of Topliss-reactive ketones (excluding diaryl/α,β-unsaturated/α-hetero) is 1. The molecule has 0 aliphatic heterocycles. The molecule has 1 N–H and O–H groups in total. The van der Waals surface area contributed by atoms with Gasteiger partial charge in [-0.15, -0.1) is 0 Å². The van der Waals surface area contributed by atoms with Gasteiger partial charge in [0, 0.05) is 29.4 Å². The van der Waals surface area contributed by atoms with Gasteiger partial charge in [-0.3, -0.25) is 4.79 Å². The predicted molar refractivity (Wildman–Crippen MR) is 85.8 cm³/mol. The molecule has 0 spiro atoms. The number of nitrogens with one attached hydrogen (secondary N) is 1. The second kappa shape index (κ2) is 5.32. The van der Waals surface area contributed by atoms with Crippen molar-refractivity contribution in [2.24, 2.45) is 0 Å². The molecule has 0 radical (unpaired) electrons. The van der Waals surface area contributed by atoms with E-state index < -0.39 is 0 Å². The molecule has 2 aromatic rings. The van der Waals surface area contributed by atoms with E-state index >= 15 is 0 Å². The zero-order valence-corrected chi connectivity index (χ0v) is 12.6. The second-order valence-corrected chi connectivity index (χ2v) is 6.79. The third-order valence-corrected chi connectivity index (χ3v) is 5.35. The van der Waals surface area contributed by atoms with Gasteiger partial charge in [0.1, 0.15) is 5.78 Å². The number of benzene rings is 1.